The molecule has 1 rings (SSSR count). The van der Waals surface area contributed by atoms with Gasteiger partial charge in [-0.05, 0) is 31.6 Å². The molecule has 0 aliphatic heterocycles. The Morgan fingerprint density at radius 2 is 1.59 bits per heavy atom. The van der Waals surface area contributed by atoms with Crippen molar-refractivity contribution in [2.24, 2.45) is 5.92 Å². The van der Waals surface area contributed by atoms with Crippen molar-refractivity contribution in [1.29, 1.82) is 0 Å². The molecule has 1 aliphatic carbocycles. The molecule has 0 aromatic heterocycles. The van der Waals surface area contributed by atoms with Crippen LogP contribution in [-0.4, -0.2) is 36.1 Å². The van der Waals surface area contributed by atoms with Crippen LogP contribution in [0, 0.1) is 5.92 Å². The average molecular weight is 312 g/mol. The highest BCUT2D eigenvalue weighted by Crippen LogP contribution is 2.23. The van der Waals surface area contributed by atoms with Gasteiger partial charge >= 0.3 is 0 Å². The number of aliphatic hydroxyl groups excluding tert-OH is 2. The normalized spacial score (nSPS) is 18.9. The summed E-state index contributed by atoms with van der Waals surface area (Å²) < 4.78 is 5.29. The molecule has 0 fully saturated rings. The molecule has 22 heavy (non-hydrogen) atoms. The van der Waals surface area contributed by atoms with Crippen molar-refractivity contribution in [3.8, 4) is 0 Å². The molecule has 1 aliphatic rings. The molecule has 0 amide bonds. The Hall–Kier alpha value is -0.380. The zero-order valence-corrected chi connectivity index (χ0v) is 14.2. The topological polar surface area (TPSA) is 49.7 Å². The van der Waals surface area contributed by atoms with E-state index in [2.05, 4.69) is 12.2 Å². The van der Waals surface area contributed by atoms with Crippen molar-refractivity contribution in [2.75, 3.05) is 19.8 Å². The highest BCUT2D eigenvalue weighted by Gasteiger charge is 2.07. The molecule has 2 unspecified atom stereocenters. The number of ether oxygens (including phenoxy) is 1. The summed E-state index contributed by atoms with van der Waals surface area (Å²) >= 11 is 0. The fourth-order valence-corrected chi connectivity index (χ4v) is 3.06. The van der Waals surface area contributed by atoms with Gasteiger partial charge in [-0.1, -0.05) is 63.5 Å². The third-order valence-corrected chi connectivity index (χ3v) is 4.50. The highest BCUT2D eigenvalue weighted by atomic mass is 16.5. The molecule has 0 aromatic rings. The van der Waals surface area contributed by atoms with Gasteiger partial charge in [0.2, 0.25) is 0 Å². The van der Waals surface area contributed by atoms with E-state index in [1.54, 1.807) is 0 Å². The largest absolute Gasteiger partial charge is 0.394 e. The average Bonchev–Trinajstić information content (AvgIpc) is 3.04. The lowest BCUT2D eigenvalue weighted by atomic mass is 9.99. The number of unbranched alkanes of at least 4 members (excludes halogenated alkanes) is 8. The summed E-state index contributed by atoms with van der Waals surface area (Å²) in [6.45, 7) is 0.747. The standard InChI is InChI=1S/C19H36O3/c20-16-19(21)17-22-15-11-7-5-3-1-2-4-6-8-12-18-13-9-10-14-18/h9,13,18-21H,1-8,10-12,14-17H2. The Labute approximate surface area is 136 Å². The van der Waals surface area contributed by atoms with Crippen LogP contribution < -0.4 is 0 Å². The summed E-state index contributed by atoms with van der Waals surface area (Å²) in [6.07, 6.45) is 20.0. The Morgan fingerprint density at radius 1 is 0.955 bits per heavy atom. The van der Waals surface area contributed by atoms with E-state index in [1.807, 2.05) is 0 Å². The summed E-state index contributed by atoms with van der Waals surface area (Å²) in [7, 11) is 0. The fourth-order valence-electron chi connectivity index (χ4n) is 3.06. The maximum absolute atomic E-state index is 9.10. The summed E-state index contributed by atoms with van der Waals surface area (Å²) in [6, 6.07) is 0. The van der Waals surface area contributed by atoms with E-state index >= 15 is 0 Å². The van der Waals surface area contributed by atoms with Crippen LogP contribution >= 0.6 is 0 Å². The van der Waals surface area contributed by atoms with Gasteiger partial charge in [0.25, 0.3) is 0 Å². The zero-order valence-electron chi connectivity index (χ0n) is 14.2. The molecular formula is C19H36O3. The van der Waals surface area contributed by atoms with Crippen molar-refractivity contribution in [1.82, 2.24) is 0 Å². The smallest absolute Gasteiger partial charge is 0.100 e. The molecule has 2 atom stereocenters. The predicted octanol–water partition coefficient (Wildman–Crippen LogP) is 4.22. The number of rotatable bonds is 15. The molecule has 0 bridgehead atoms. The Morgan fingerprint density at radius 3 is 2.18 bits per heavy atom. The quantitative estimate of drug-likeness (QED) is 0.351. The van der Waals surface area contributed by atoms with Gasteiger partial charge in [-0.25, -0.2) is 0 Å². The molecule has 2 N–H and O–H groups in total. The van der Waals surface area contributed by atoms with Crippen molar-refractivity contribution in [3.63, 3.8) is 0 Å². The number of hydrogen-bond acceptors (Lipinski definition) is 3. The van der Waals surface area contributed by atoms with E-state index in [-0.39, 0.29) is 13.2 Å². The lowest BCUT2D eigenvalue weighted by Gasteiger charge is -2.08. The van der Waals surface area contributed by atoms with Crippen LogP contribution in [-0.2, 0) is 4.74 Å². The van der Waals surface area contributed by atoms with Crippen molar-refractivity contribution in [2.45, 2.75) is 83.2 Å². The molecule has 0 saturated heterocycles. The van der Waals surface area contributed by atoms with Crippen LogP contribution in [0.3, 0.4) is 0 Å². The first-order chi connectivity index (χ1) is 10.8. The first-order valence-corrected chi connectivity index (χ1v) is 9.36. The van der Waals surface area contributed by atoms with E-state index in [1.165, 1.54) is 70.6 Å². The van der Waals surface area contributed by atoms with Crippen LogP contribution in [0.5, 0.6) is 0 Å². The zero-order chi connectivity index (χ0) is 15.9. The molecule has 3 nitrogen and oxygen atoms in total. The SMILES string of the molecule is OCC(O)COCCCCCCCCCCCC1C=CCC1. The molecule has 130 valence electrons. The Bertz CT molecular complexity index is 265. The van der Waals surface area contributed by atoms with Gasteiger partial charge in [0.1, 0.15) is 6.10 Å². The molecular weight excluding hydrogens is 276 g/mol. The van der Waals surface area contributed by atoms with Crippen LogP contribution in [0.2, 0.25) is 0 Å². The monoisotopic (exact) mass is 312 g/mol. The summed E-state index contributed by atoms with van der Waals surface area (Å²) in [4.78, 5) is 0. The third kappa shape index (κ3) is 11.2. The van der Waals surface area contributed by atoms with Gasteiger partial charge in [-0.3, -0.25) is 0 Å². The van der Waals surface area contributed by atoms with Gasteiger partial charge in [0.15, 0.2) is 0 Å². The number of aliphatic hydroxyl groups is 2. The lowest BCUT2D eigenvalue weighted by molar-refractivity contribution is 0.00526. The number of hydrogen-bond donors (Lipinski definition) is 2. The maximum atomic E-state index is 9.10. The van der Waals surface area contributed by atoms with Gasteiger partial charge in [0, 0.05) is 6.61 Å². The van der Waals surface area contributed by atoms with Crippen LogP contribution in [0.25, 0.3) is 0 Å². The maximum Gasteiger partial charge on any atom is 0.100 e. The molecule has 3 heteroatoms. The predicted molar refractivity (Wildman–Crippen MR) is 91.9 cm³/mol. The second-order valence-electron chi connectivity index (χ2n) is 6.65. The van der Waals surface area contributed by atoms with Gasteiger partial charge in [-0.15, -0.1) is 0 Å². The number of allylic oxidation sites excluding steroid dienone is 2. The Kier molecular flexibility index (Phi) is 12.7. The molecule has 0 radical (unpaired) electrons. The van der Waals surface area contributed by atoms with Crippen LogP contribution in [0.4, 0.5) is 0 Å². The van der Waals surface area contributed by atoms with E-state index in [9.17, 15) is 0 Å². The molecule has 0 heterocycles. The minimum absolute atomic E-state index is 0.211. The van der Waals surface area contributed by atoms with E-state index < -0.39 is 6.10 Å². The van der Waals surface area contributed by atoms with Crippen molar-refractivity contribution >= 4 is 0 Å². The Balaban J connectivity index is 1.68. The van der Waals surface area contributed by atoms with E-state index in [4.69, 9.17) is 14.9 Å². The van der Waals surface area contributed by atoms with Crippen molar-refractivity contribution < 1.29 is 14.9 Å². The first kappa shape index (κ1) is 19.7. The first-order valence-electron chi connectivity index (χ1n) is 9.36. The fraction of sp³-hybridized carbons (Fsp3) is 0.895. The van der Waals surface area contributed by atoms with Gasteiger partial charge in [0.05, 0.1) is 13.2 Å². The highest BCUT2D eigenvalue weighted by molar-refractivity contribution is 4.95. The van der Waals surface area contributed by atoms with Crippen molar-refractivity contribution in [3.05, 3.63) is 12.2 Å². The molecule has 0 spiro atoms. The van der Waals surface area contributed by atoms with E-state index in [0.29, 0.717) is 6.61 Å². The second kappa shape index (κ2) is 14.2. The van der Waals surface area contributed by atoms with E-state index in [0.717, 1.165) is 12.3 Å². The summed E-state index contributed by atoms with van der Waals surface area (Å²) in [5, 5.41) is 17.7. The lowest BCUT2D eigenvalue weighted by Crippen LogP contribution is -2.19. The van der Waals surface area contributed by atoms with Crippen LogP contribution in [0.1, 0.15) is 77.0 Å². The molecule has 0 aromatic carbocycles. The third-order valence-electron chi connectivity index (χ3n) is 4.50. The minimum atomic E-state index is -0.718. The summed E-state index contributed by atoms with van der Waals surface area (Å²) in [5.41, 5.74) is 0. The van der Waals surface area contributed by atoms with Gasteiger partial charge in [-0.2, -0.15) is 0 Å². The second-order valence-corrected chi connectivity index (χ2v) is 6.65. The van der Waals surface area contributed by atoms with Gasteiger partial charge < -0.3 is 14.9 Å². The minimum Gasteiger partial charge on any atom is -0.394 e. The molecule has 0 saturated carbocycles. The van der Waals surface area contributed by atoms with Crippen LogP contribution in [0.15, 0.2) is 12.2 Å². The summed E-state index contributed by atoms with van der Waals surface area (Å²) in [5.74, 6) is 0.890.